The normalized spacial score (nSPS) is 15.2. The first-order valence-electron chi connectivity index (χ1n) is 9.67. The summed E-state index contributed by atoms with van der Waals surface area (Å²) in [6, 6.07) is 14.4. The zero-order valence-corrected chi connectivity index (χ0v) is 17.0. The number of benzene rings is 2. The van der Waals surface area contributed by atoms with Crippen molar-refractivity contribution < 1.29 is 14.3 Å². The van der Waals surface area contributed by atoms with E-state index in [1.54, 1.807) is 11.8 Å². The van der Waals surface area contributed by atoms with E-state index < -0.39 is 6.04 Å². The molecule has 0 saturated carbocycles. The highest BCUT2D eigenvalue weighted by molar-refractivity contribution is 6.06. The quantitative estimate of drug-likeness (QED) is 0.651. The van der Waals surface area contributed by atoms with Gasteiger partial charge in [-0.2, -0.15) is 10.1 Å². The first-order chi connectivity index (χ1) is 14.6. The van der Waals surface area contributed by atoms with Gasteiger partial charge in [0.2, 0.25) is 5.95 Å². The molecule has 154 valence electrons. The number of aromatic nitrogens is 3. The summed E-state index contributed by atoms with van der Waals surface area (Å²) < 4.78 is 12.9. The zero-order chi connectivity index (χ0) is 21.1. The lowest BCUT2D eigenvalue weighted by Crippen LogP contribution is -2.31. The van der Waals surface area contributed by atoms with Crippen LogP contribution < -0.4 is 20.1 Å². The number of rotatable bonds is 6. The number of nitrogens with zero attached hydrogens (tertiary/aromatic N) is 3. The summed E-state index contributed by atoms with van der Waals surface area (Å²) in [5, 5.41) is 10.5. The molecule has 1 aromatic heterocycles. The minimum absolute atomic E-state index is 0.260. The van der Waals surface area contributed by atoms with Crippen molar-refractivity contribution in [3.05, 3.63) is 71.7 Å². The van der Waals surface area contributed by atoms with Crippen molar-refractivity contribution in [2.75, 3.05) is 24.4 Å². The van der Waals surface area contributed by atoms with Crippen molar-refractivity contribution in [3.63, 3.8) is 0 Å². The number of ether oxygens (including phenoxy) is 2. The molecule has 1 atom stereocenters. The van der Waals surface area contributed by atoms with Crippen LogP contribution in [0.3, 0.4) is 0 Å². The standard InChI is InChI=1S/C22H23N5O3/c1-4-30-18-12-8-6-10-16(18)26-21(28)19-14(2)25-22-23-13-24-27(22)20(19)15-9-5-7-11-17(15)29-3/h5-13,20H,4H2,1-3H3,(H,26,28)(H,23,24,25)/t20-/m1/s1. The van der Waals surface area contributed by atoms with Crippen molar-refractivity contribution in [2.45, 2.75) is 19.9 Å². The maximum absolute atomic E-state index is 13.5. The molecular weight excluding hydrogens is 382 g/mol. The molecule has 0 spiro atoms. The summed E-state index contributed by atoms with van der Waals surface area (Å²) in [6.07, 6.45) is 1.46. The smallest absolute Gasteiger partial charge is 0.255 e. The van der Waals surface area contributed by atoms with Crippen LogP contribution in [-0.4, -0.2) is 34.4 Å². The zero-order valence-electron chi connectivity index (χ0n) is 17.0. The van der Waals surface area contributed by atoms with Crippen LogP contribution in [0.1, 0.15) is 25.5 Å². The van der Waals surface area contributed by atoms with Gasteiger partial charge in [0, 0.05) is 11.3 Å². The van der Waals surface area contributed by atoms with Gasteiger partial charge in [-0.15, -0.1) is 0 Å². The second-order valence-electron chi connectivity index (χ2n) is 6.72. The molecule has 0 bridgehead atoms. The lowest BCUT2D eigenvalue weighted by molar-refractivity contribution is -0.113. The van der Waals surface area contributed by atoms with E-state index in [0.717, 1.165) is 5.56 Å². The SMILES string of the molecule is CCOc1ccccc1NC(=O)C1=C(C)Nc2ncnn2[C@@H]1c1ccccc1OC. The lowest BCUT2D eigenvalue weighted by atomic mass is 9.94. The van der Waals surface area contributed by atoms with E-state index in [0.29, 0.717) is 41.0 Å². The Morgan fingerprint density at radius 2 is 1.90 bits per heavy atom. The van der Waals surface area contributed by atoms with Crippen molar-refractivity contribution in [1.29, 1.82) is 0 Å². The third-order valence-electron chi connectivity index (χ3n) is 4.91. The number of anilines is 2. The molecule has 0 fully saturated rings. The summed E-state index contributed by atoms with van der Waals surface area (Å²) in [5.41, 5.74) is 2.63. The predicted molar refractivity (Wildman–Crippen MR) is 114 cm³/mol. The molecule has 2 aromatic carbocycles. The first-order valence-corrected chi connectivity index (χ1v) is 9.67. The van der Waals surface area contributed by atoms with Gasteiger partial charge in [0.15, 0.2) is 0 Å². The van der Waals surface area contributed by atoms with Gasteiger partial charge in [-0.25, -0.2) is 4.68 Å². The Balaban J connectivity index is 1.78. The summed E-state index contributed by atoms with van der Waals surface area (Å²) in [4.78, 5) is 17.8. The monoisotopic (exact) mass is 405 g/mol. The van der Waals surface area contributed by atoms with Gasteiger partial charge in [-0.3, -0.25) is 4.79 Å². The molecule has 0 saturated heterocycles. The Kier molecular flexibility index (Phi) is 5.38. The summed E-state index contributed by atoms with van der Waals surface area (Å²) >= 11 is 0. The molecule has 0 radical (unpaired) electrons. The Morgan fingerprint density at radius 1 is 1.17 bits per heavy atom. The van der Waals surface area contributed by atoms with Gasteiger partial charge in [-0.05, 0) is 32.0 Å². The van der Waals surface area contributed by atoms with Crippen molar-refractivity contribution in [2.24, 2.45) is 0 Å². The molecule has 1 aliphatic heterocycles. The molecular formula is C22H23N5O3. The fraction of sp³-hybridized carbons (Fsp3) is 0.227. The Hall–Kier alpha value is -3.81. The van der Waals surface area contributed by atoms with Crippen LogP contribution in [-0.2, 0) is 4.79 Å². The van der Waals surface area contributed by atoms with Gasteiger partial charge < -0.3 is 20.1 Å². The van der Waals surface area contributed by atoms with E-state index in [1.807, 2.05) is 62.4 Å². The number of para-hydroxylation sites is 3. The molecule has 0 aliphatic carbocycles. The highest BCUT2D eigenvalue weighted by Gasteiger charge is 2.35. The number of fused-ring (bicyclic) bond motifs is 1. The molecule has 30 heavy (non-hydrogen) atoms. The average Bonchev–Trinajstić information content (AvgIpc) is 3.22. The van der Waals surface area contributed by atoms with Crippen LogP contribution in [0.15, 0.2) is 66.1 Å². The van der Waals surface area contributed by atoms with E-state index in [2.05, 4.69) is 20.7 Å². The van der Waals surface area contributed by atoms with E-state index >= 15 is 0 Å². The van der Waals surface area contributed by atoms with Crippen LogP contribution in [0.2, 0.25) is 0 Å². The number of amides is 1. The minimum atomic E-state index is -0.501. The Bertz CT molecular complexity index is 1110. The van der Waals surface area contributed by atoms with Crippen molar-refractivity contribution in [3.8, 4) is 11.5 Å². The Morgan fingerprint density at radius 3 is 2.67 bits per heavy atom. The average molecular weight is 405 g/mol. The summed E-state index contributed by atoms with van der Waals surface area (Å²) in [7, 11) is 1.61. The molecule has 8 heteroatoms. The van der Waals surface area contributed by atoms with Crippen molar-refractivity contribution >= 4 is 17.5 Å². The maximum atomic E-state index is 13.5. The van der Waals surface area contributed by atoms with Crippen LogP contribution in [0.25, 0.3) is 0 Å². The number of methoxy groups -OCH3 is 1. The fourth-order valence-corrected chi connectivity index (χ4v) is 3.61. The molecule has 4 rings (SSSR count). The van der Waals surface area contributed by atoms with Gasteiger partial charge in [0.05, 0.1) is 25.0 Å². The summed E-state index contributed by atoms with van der Waals surface area (Å²) in [5.74, 6) is 1.59. The number of hydrogen-bond acceptors (Lipinski definition) is 6. The maximum Gasteiger partial charge on any atom is 0.255 e. The second-order valence-corrected chi connectivity index (χ2v) is 6.72. The van der Waals surface area contributed by atoms with Gasteiger partial charge in [0.25, 0.3) is 5.91 Å². The highest BCUT2D eigenvalue weighted by Crippen LogP contribution is 2.39. The van der Waals surface area contributed by atoms with Crippen molar-refractivity contribution in [1.82, 2.24) is 14.8 Å². The fourth-order valence-electron chi connectivity index (χ4n) is 3.61. The Labute approximate surface area is 174 Å². The third kappa shape index (κ3) is 3.47. The molecule has 0 unspecified atom stereocenters. The predicted octanol–water partition coefficient (Wildman–Crippen LogP) is 3.61. The number of carbonyl (C=O) groups is 1. The first kappa shape index (κ1) is 19.5. The van der Waals surface area contributed by atoms with Crippen LogP contribution in [0.5, 0.6) is 11.5 Å². The third-order valence-corrected chi connectivity index (χ3v) is 4.91. The molecule has 1 amide bonds. The van der Waals surface area contributed by atoms with Crippen LogP contribution in [0, 0.1) is 0 Å². The lowest BCUT2D eigenvalue weighted by Gasteiger charge is -2.29. The highest BCUT2D eigenvalue weighted by atomic mass is 16.5. The van der Waals surface area contributed by atoms with E-state index in [4.69, 9.17) is 9.47 Å². The van der Waals surface area contributed by atoms with Gasteiger partial charge in [-0.1, -0.05) is 30.3 Å². The molecule has 1 aliphatic rings. The molecule has 2 heterocycles. The summed E-state index contributed by atoms with van der Waals surface area (Å²) in [6.45, 7) is 4.26. The molecule has 8 nitrogen and oxygen atoms in total. The topological polar surface area (TPSA) is 90.3 Å². The molecule has 2 N–H and O–H groups in total. The second kappa shape index (κ2) is 8.28. The van der Waals surface area contributed by atoms with Crippen LogP contribution in [0.4, 0.5) is 11.6 Å². The van der Waals surface area contributed by atoms with Gasteiger partial charge >= 0.3 is 0 Å². The number of hydrogen-bond donors (Lipinski definition) is 2. The minimum Gasteiger partial charge on any atom is -0.496 e. The van der Waals surface area contributed by atoms with Crippen LogP contribution >= 0.6 is 0 Å². The van der Waals surface area contributed by atoms with E-state index in [-0.39, 0.29) is 5.91 Å². The number of nitrogens with one attached hydrogen (secondary N) is 2. The largest absolute Gasteiger partial charge is 0.496 e. The van der Waals surface area contributed by atoms with Gasteiger partial charge in [0.1, 0.15) is 23.9 Å². The van der Waals surface area contributed by atoms with E-state index in [9.17, 15) is 4.79 Å². The number of allylic oxidation sites excluding steroid dienone is 1. The van der Waals surface area contributed by atoms with E-state index in [1.165, 1.54) is 6.33 Å². The molecule has 3 aromatic rings. The number of carbonyl (C=O) groups excluding carboxylic acids is 1.